The fourth-order valence-corrected chi connectivity index (χ4v) is 9.83. The van der Waals surface area contributed by atoms with Gasteiger partial charge in [-0.15, -0.1) is 0 Å². The number of nitrogens with zero attached hydrogens (tertiary/aromatic N) is 3. The Morgan fingerprint density at radius 1 is 0.839 bits per heavy atom. The first-order chi connectivity index (χ1) is 30.3. The van der Waals surface area contributed by atoms with Crippen molar-refractivity contribution in [3.63, 3.8) is 0 Å². The quantitative estimate of drug-likeness (QED) is 0.0562. The smallest absolute Gasteiger partial charge is 0.255 e. The highest BCUT2D eigenvalue weighted by atomic mass is 16.3. The van der Waals surface area contributed by atoms with Crippen LogP contribution in [0.25, 0.3) is 11.1 Å². The first-order valence-electron chi connectivity index (χ1n) is 21.9. The van der Waals surface area contributed by atoms with Crippen molar-refractivity contribution in [1.82, 2.24) is 20.1 Å². The number of aromatic nitrogens is 1. The molecule has 4 aromatic carbocycles. The lowest BCUT2D eigenvalue weighted by Gasteiger charge is -2.39. The van der Waals surface area contributed by atoms with E-state index in [-0.39, 0.29) is 42.8 Å². The summed E-state index contributed by atoms with van der Waals surface area (Å²) in [5.74, 6) is -0.566. The van der Waals surface area contributed by atoms with E-state index in [1.807, 2.05) is 42.7 Å². The Morgan fingerprint density at radius 3 is 2.40 bits per heavy atom. The van der Waals surface area contributed by atoms with E-state index < -0.39 is 11.9 Å². The third kappa shape index (κ3) is 8.84. The summed E-state index contributed by atoms with van der Waals surface area (Å²) in [5, 5.41) is 22.9. The molecule has 0 radical (unpaired) electrons. The maximum Gasteiger partial charge on any atom is 0.255 e. The van der Waals surface area contributed by atoms with E-state index in [9.17, 15) is 24.3 Å². The topological polar surface area (TPSA) is 156 Å². The highest BCUT2D eigenvalue weighted by molar-refractivity contribution is 6.06. The predicted molar refractivity (Wildman–Crippen MR) is 239 cm³/mol. The van der Waals surface area contributed by atoms with Gasteiger partial charge in [0.15, 0.2) is 0 Å². The number of rotatable bonds is 15. The zero-order valence-corrected chi connectivity index (χ0v) is 34.8. The number of fused-ring (bicyclic) bond motifs is 4. The second kappa shape index (κ2) is 18.3. The van der Waals surface area contributed by atoms with Gasteiger partial charge in [-0.25, -0.2) is 0 Å². The van der Waals surface area contributed by atoms with E-state index in [0.29, 0.717) is 30.9 Å². The summed E-state index contributed by atoms with van der Waals surface area (Å²) in [5.41, 5.74) is 11.3. The standard InChI is InChI=1S/C50H53N7O5/c58-31-44-39-22-26-56(29-34-20-24-51-25-21-34)48(39)40-28-36(16-17-43(40)54-44)35-7-2-8-37(27-35)53-46(59)11-1-5-32-12-14-33(15-13-32)6-4-23-52-42-10-3-9-38-41(42)30-57(50(38)62)45-18-19-47(60)55-49(45)61/h2-3,7-10,12-17,20-21,24-25,27-28,39,44-45,48,52,54,58H,1,4-6,11,18-19,22-23,26,29-31H2,(H,53,59)(H,55,60,61)/t39-,44-,45?,48-/m1/s1. The number of imide groups is 1. The molecule has 4 aliphatic rings. The average Bonchev–Trinajstić information content (AvgIpc) is 3.86. The van der Waals surface area contributed by atoms with E-state index >= 15 is 0 Å². The summed E-state index contributed by atoms with van der Waals surface area (Å²) in [6.45, 7) is 2.97. The second-order valence-electron chi connectivity index (χ2n) is 17.0. The lowest BCUT2D eigenvalue weighted by Crippen LogP contribution is -2.52. The number of pyridine rings is 1. The molecule has 0 spiro atoms. The van der Waals surface area contributed by atoms with Crippen LogP contribution in [0.1, 0.15) is 82.7 Å². The molecule has 0 aliphatic carbocycles. The van der Waals surface area contributed by atoms with Gasteiger partial charge < -0.3 is 26.0 Å². The summed E-state index contributed by atoms with van der Waals surface area (Å²) in [6.07, 6.45) is 9.04. The van der Waals surface area contributed by atoms with Gasteiger partial charge in [0.2, 0.25) is 17.7 Å². The van der Waals surface area contributed by atoms with Gasteiger partial charge in [-0.2, -0.15) is 0 Å². The van der Waals surface area contributed by atoms with E-state index in [0.717, 1.165) is 85.5 Å². The molecule has 9 rings (SSSR count). The molecule has 4 atom stereocenters. The SMILES string of the molecule is O=C1CCC(N2Cc3c(NCCCc4ccc(CCCC(=O)Nc5cccc(-c6ccc7c(c6)[C@H]6[C@H](CCN6Cc6ccncc6)[C@@H](CO)N7)c5)cc4)cccc3C2=O)C(=O)N1. The van der Waals surface area contributed by atoms with Crippen molar-refractivity contribution in [2.75, 3.05) is 35.6 Å². The summed E-state index contributed by atoms with van der Waals surface area (Å²) in [7, 11) is 0. The molecular formula is C50H53N7O5. The van der Waals surface area contributed by atoms with Crippen LogP contribution in [0.3, 0.4) is 0 Å². The van der Waals surface area contributed by atoms with Gasteiger partial charge >= 0.3 is 0 Å². The number of nitrogens with one attached hydrogen (secondary N) is 4. The van der Waals surface area contributed by atoms with Crippen LogP contribution in [0.2, 0.25) is 0 Å². The zero-order chi connectivity index (χ0) is 42.6. The largest absolute Gasteiger partial charge is 0.394 e. The monoisotopic (exact) mass is 831 g/mol. The predicted octanol–water partition coefficient (Wildman–Crippen LogP) is 6.87. The highest BCUT2D eigenvalue weighted by Gasteiger charge is 2.44. The number of aliphatic hydroxyl groups is 1. The molecule has 12 nitrogen and oxygen atoms in total. The maximum atomic E-state index is 13.2. The number of aryl methyl sites for hydroxylation is 2. The number of carbonyl (C=O) groups is 4. The van der Waals surface area contributed by atoms with Crippen LogP contribution in [0.15, 0.2) is 109 Å². The number of carbonyl (C=O) groups excluding carboxylic acids is 4. The molecule has 2 fully saturated rings. The summed E-state index contributed by atoms with van der Waals surface area (Å²) < 4.78 is 0. The van der Waals surface area contributed by atoms with Crippen molar-refractivity contribution in [2.45, 2.75) is 82.6 Å². The molecule has 4 aliphatic heterocycles. The van der Waals surface area contributed by atoms with Crippen LogP contribution in [-0.4, -0.2) is 75.3 Å². The molecule has 5 aromatic rings. The minimum absolute atomic E-state index is 0.00591. The van der Waals surface area contributed by atoms with Crippen molar-refractivity contribution >= 4 is 40.7 Å². The van der Waals surface area contributed by atoms with Gasteiger partial charge in [0.05, 0.1) is 12.6 Å². The van der Waals surface area contributed by atoms with Gasteiger partial charge in [-0.3, -0.25) is 34.4 Å². The fraction of sp³-hybridized carbons (Fsp3) is 0.340. The molecule has 5 N–H and O–H groups in total. The van der Waals surface area contributed by atoms with Crippen molar-refractivity contribution < 1.29 is 24.3 Å². The van der Waals surface area contributed by atoms with Crippen LogP contribution >= 0.6 is 0 Å². The first kappa shape index (κ1) is 41.0. The number of benzene rings is 4. The molecule has 318 valence electrons. The van der Waals surface area contributed by atoms with E-state index in [2.05, 4.69) is 91.8 Å². The van der Waals surface area contributed by atoms with Gasteiger partial charge in [0.1, 0.15) is 6.04 Å². The number of piperidine rings is 1. The molecule has 0 saturated carbocycles. The Morgan fingerprint density at radius 2 is 1.61 bits per heavy atom. The van der Waals surface area contributed by atoms with Crippen LogP contribution in [-0.2, 0) is 40.3 Å². The van der Waals surface area contributed by atoms with Crippen molar-refractivity contribution in [1.29, 1.82) is 0 Å². The third-order valence-corrected chi connectivity index (χ3v) is 13.0. The Bertz CT molecular complexity index is 2460. The Kier molecular flexibility index (Phi) is 12.1. The third-order valence-electron chi connectivity index (χ3n) is 13.0. The Labute approximate surface area is 362 Å². The molecule has 1 aromatic heterocycles. The van der Waals surface area contributed by atoms with E-state index in [1.54, 1.807) is 11.0 Å². The number of anilines is 3. The average molecular weight is 832 g/mol. The fourth-order valence-electron chi connectivity index (χ4n) is 9.83. The van der Waals surface area contributed by atoms with Crippen LogP contribution in [0.5, 0.6) is 0 Å². The molecule has 62 heavy (non-hydrogen) atoms. The summed E-state index contributed by atoms with van der Waals surface area (Å²) in [4.78, 5) is 58.7. The van der Waals surface area contributed by atoms with Gasteiger partial charge in [-0.05, 0) is 127 Å². The molecule has 1 unspecified atom stereocenters. The highest BCUT2D eigenvalue weighted by Crippen LogP contribution is 2.48. The number of aliphatic hydroxyl groups excluding tert-OH is 1. The number of likely N-dealkylation sites (tertiary alicyclic amines) is 1. The summed E-state index contributed by atoms with van der Waals surface area (Å²) in [6, 6.07) is 32.6. The Hall–Kier alpha value is -6.37. The lowest BCUT2D eigenvalue weighted by atomic mass is 9.82. The number of hydrogen-bond acceptors (Lipinski definition) is 9. The normalized spacial score (nSPS) is 20.5. The zero-order valence-electron chi connectivity index (χ0n) is 34.8. The molecule has 0 bridgehead atoms. The molecular weight excluding hydrogens is 779 g/mol. The second-order valence-corrected chi connectivity index (χ2v) is 17.0. The van der Waals surface area contributed by atoms with Crippen molar-refractivity contribution in [2.24, 2.45) is 5.92 Å². The Balaban J connectivity index is 0.740. The minimum Gasteiger partial charge on any atom is -0.394 e. The molecule has 5 heterocycles. The van der Waals surface area contributed by atoms with Gasteiger partial charge in [0, 0.05) is 85.0 Å². The van der Waals surface area contributed by atoms with Crippen LogP contribution in [0, 0.1) is 5.92 Å². The minimum atomic E-state index is -0.630. The van der Waals surface area contributed by atoms with Gasteiger partial charge in [-0.1, -0.05) is 48.5 Å². The maximum absolute atomic E-state index is 13.2. The van der Waals surface area contributed by atoms with Crippen molar-refractivity contribution in [3.8, 4) is 11.1 Å². The molecule has 12 heteroatoms. The summed E-state index contributed by atoms with van der Waals surface area (Å²) >= 11 is 0. The lowest BCUT2D eigenvalue weighted by molar-refractivity contribution is -0.137. The first-order valence-corrected chi connectivity index (χ1v) is 21.9. The van der Waals surface area contributed by atoms with Crippen molar-refractivity contribution in [3.05, 3.63) is 143 Å². The van der Waals surface area contributed by atoms with E-state index in [4.69, 9.17) is 0 Å². The number of amides is 4. The molecule has 4 amide bonds. The van der Waals surface area contributed by atoms with Crippen LogP contribution in [0.4, 0.5) is 17.1 Å². The van der Waals surface area contributed by atoms with Gasteiger partial charge in [0.25, 0.3) is 5.91 Å². The van der Waals surface area contributed by atoms with Crippen LogP contribution < -0.4 is 21.3 Å². The number of hydrogen-bond donors (Lipinski definition) is 5. The molecule has 2 saturated heterocycles. The van der Waals surface area contributed by atoms with E-state index in [1.165, 1.54) is 22.3 Å².